The van der Waals surface area contributed by atoms with Crippen molar-refractivity contribution in [2.45, 2.75) is 31.7 Å². The van der Waals surface area contributed by atoms with Gasteiger partial charge in [0, 0.05) is 42.8 Å². The molecule has 4 rings (SSSR count). The Bertz CT molecular complexity index is 1040. The van der Waals surface area contributed by atoms with E-state index in [1.165, 1.54) is 0 Å². The highest BCUT2D eigenvalue weighted by atomic mass is 16.2. The summed E-state index contributed by atoms with van der Waals surface area (Å²) in [6.07, 6.45) is 3.67. The summed E-state index contributed by atoms with van der Waals surface area (Å²) in [6.45, 7) is 1.21. The van der Waals surface area contributed by atoms with Crippen LogP contribution in [0.2, 0.25) is 0 Å². The molecule has 0 aliphatic heterocycles. The summed E-state index contributed by atoms with van der Waals surface area (Å²) in [4.78, 5) is 25.9. The van der Waals surface area contributed by atoms with Gasteiger partial charge in [0.1, 0.15) is 5.69 Å². The van der Waals surface area contributed by atoms with Crippen molar-refractivity contribution >= 4 is 28.4 Å². The Morgan fingerprint density at radius 3 is 2.52 bits per heavy atom. The minimum absolute atomic E-state index is 0.0249. The van der Waals surface area contributed by atoms with Gasteiger partial charge in [-0.3, -0.25) is 9.59 Å². The third-order valence-electron chi connectivity index (χ3n) is 6.13. The van der Waals surface area contributed by atoms with Gasteiger partial charge in [-0.25, -0.2) is 0 Å². The molecule has 0 unspecified atom stereocenters. The Morgan fingerprint density at radius 1 is 0.968 bits per heavy atom. The van der Waals surface area contributed by atoms with Crippen LogP contribution >= 0.6 is 0 Å². The third-order valence-corrected chi connectivity index (χ3v) is 6.13. The number of nitrogens with one attached hydrogen (secondary N) is 3. The number of carbonyl (C=O) groups is 2. The second-order valence-corrected chi connectivity index (χ2v) is 8.20. The Kier molecular flexibility index (Phi) is 6.55. The number of aryl methyl sites for hydroxylation is 1. The van der Waals surface area contributed by atoms with Gasteiger partial charge in [-0.05, 0) is 37.1 Å². The summed E-state index contributed by atoms with van der Waals surface area (Å²) >= 11 is 0. The smallest absolute Gasteiger partial charge is 0.268 e. The second-order valence-electron chi connectivity index (χ2n) is 8.20. The molecule has 0 spiro atoms. The first kappa shape index (κ1) is 21.0. The van der Waals surface area contributed by atoms with E-state index in [4.69, 9.17) is 0 Å². The van der Waals surface area contributed by atoms with Crippen molar-refractivity contribution < 1.29 is 9.59 Å². The summed E-state index contributed by atoms with van der Waals surface area (Å²) in [5, 5.41) is 10.5. The Balaban J connectivity index is 1.34. The molecule has 0 saturated heterocycles. The van der Waals surface area contributed by atoms with E-state index >= 15 is 0 Å². The molecule has 1 saturated carbocycles. The summed E-state index contributed by atoms with van der Waals surface area (Å²) in [6, 6.07) is 19.7. The topological polar surface area (TPSA) is 75.2 Å². The minimum atomic E-state index is -0.191. The number of nitrogens with zero attached hydrogens (tertiary/aromatic N) is 1. The number of carbonyl (C=O) groups excluding carboxylic acids is 2. The van der Waals surface area contributed by atoms with Crippen LogP contribution < -0.4 is 16.0 Å². The van der Waals surface area contributed by atoms with E-state index in [1.807, 2.05) is 72.3 Å². The maximum atomic E-state index is 13.0. The highest BCUT2D eigenvalue weighted by Gasteiger charge is 2.32. The summed E-state index contributed by atoms with van der Waals surface area (Å²) in [5.74, 6) is -0.282. The summed E-state index contributed by atoms with van der Waals surface area (Å²) < 4.78 is 1.91. The molecule has 2 amide bonds. The maximum absolute atomic E-state index is 13.0. The van der Waals surface area contributed by atoms with Gasteiger partial charge in [0.05, 0.1) is 5.92 Å². The van der Waals surface area contributed by atoms with E-state index in [9.17, 15) is 9.59 Å². The minimum Gasteiger partial charge on any atom is -0.383 e. The van der Waals surface area contributed by atoms with Crippen molar-refractivity contribution in [2.75, 3.05) is 18.4 Å². The van der Waals surface area contributed by atoms with E-state index in [1.54, 1.807) is 0 Å². The van der Waals surface area contributed by atoms with E-state index in [2.05, 4.69) is 16.0 Å². The van der Waals surface area contributed by atoms with Gasteiger partial charge >= 0.3 is 0 Å². The standard InChI is InChI=1S/C25H30N4O2/c1-29-22-14-8-5-9-18(22)17-23(29)25(31)28-21-13-7-6-12-20(21)24(30)27-16-15-26-19-10-3-2-4-11-19/h2-5,8-11,14,17,20-21,26H,6-7,12-13,15-16H2,1H3,(H,27,30)(H,28,31)/t20-,21+/m1/s1. The molecule has 1 fully saturated rings. The van der Waals surface area contributed by atoms with E-state index in [-0.39, 0.29) is 23.8 Å². The largest absolute Gasteiger partial charge is 0.383 e. The molecule has 31 heavy (non-hydrogen) atoms. The van der Waals surface area contributed by atoms with Crippen molar-refractivity contribution in [2.24, 2.45) is 13.0 Å². The molecule has 2 atom stereocenters. The lowest BCUT2D eigenvalue weighted by Gasteiger charge is -2.31. The van der Waals surface area contributed by atoms with Gasteiger partial charge in [0.2, 0.25) is 5.91 Å². The fourth-order valence-electron chi connectivity index (χ4n) is 4.45. The first-order valence-corrected chi connectivity index (χ1v) is 11.1. The number of hydrogen-bond donors (Lipinski definition) is 3. The van der Waals surface area contributed by atoms with Crippen LogP contribution in [0.25, 0.3) is 10.9 Å². The summed E-state index contributed by atoms with van der Waals surface area (Å²) in [7, 11) is 1.90. The highest BCUT2D eigenvalue weighted by Crippen LogP contribution is 2.26. The van der Waals surface area contributed by atoms with Gasteiger partial charge < -0.3 is 20.5 Å². The Morgan fingerprint density at radius 2 is 1.71 bits per heavy atom. The van der Waals surface area contributed by atoms with Crippen LogP contribution in [0.5, 0.6) is 0 Å². The zero-order valence-corrected chi connectivity index (χ0v) is 17.9. The van der Waals surface area contributed by atoms with Crippen LogP contribution in [0.3, 0.4) is 0 Å². The van der Waals surface area contributed by atoms with Crippen molar-refractivity contribution in [1.82, 2.24) is 15.2 Å². The van der Waals surface area contributed by atoms with Gasteiger partial charge in [0.15, 0.2) is 0 Å². The molecule has 3 N–H and O–H groups in total. The van der Waals surface area contributed by atoms with Crippen molar-refractivity contribution in [3.05, 3.63) is 66.4 Å². The van der Waals surface area contributed by atoms with Crippen molar-refractivity contribution in [1.29, 1.82) is 0 Å². The molecule has 162 valence electrons. The molecule has 1 aliphatic rings. The number of benzene rings is 2. The SMILES string of the molecule is Cn1c(C(=O)N[C@H]2CCCC[C@H]2C(=O)NCCNc2ccccc2)cc2ccccc21. The number of rotatable bonds is 7. The molecule has 0 bridgehead atoms. The van der Waals surface area contributed by atoms with Gasteiger partial charge in [-0.1, -0.05) is 49.2 Å². The first-order valence-electron chi connectivity index (χ1n) is 11.1. The zero-order valence-electron chi connectivity index (χ0n) is 17.9. The fraction of sp³-hybridized carbons (Fsp3) is 0.360. The number of aromatic nitrogens is 1. The molecule has 6 heteroatoms. The zero-order chi connectivity index (χ0) is 21.6. The first-order chi connectivity index (χ1) is 15.1. The second kappa shape index (κ2) is 9.69. The average Bonchev–Trinajstić information content (AvgIpc) is 3.14. The molecule has 1 aromatic heterocycles. The molecule has 1 aliphatic carbocycles. The monoisotopic (exact) mass is 418 g/mol. The molecule has 6 nitrogen and oxygen atoms in total. The van der Waals surface area contributed by atoms with Crippen LogP contribution in [-0.4, -0.2) is 35.5 Å². The molecular formula is C25H30N4O2. The summed E-state index contributed by atoms with van der Waals surface area (Å²) in [5.41, 5.74) is 2.68. The van der Waals surface area contributed by atoms with Crippen LogP contribution in [0.1, 0.15) is 36.2 Å². The van der Waals surface area contributed by atoms with Gasteiger partial charge in [-0.15, -0.1) is 0 Å². The van der Waals surface area contributed by atoms with Crippen molar-refractivity contribution in [3.63, 3.8) is 0 Å². The number of fused-ring (bicyclic) bond motifs is 1. The predicted octanol–water partition coefficient (Wildman–Crippen LogP) is 3.70. The maximum Gasteiger partial charge on any atom is 0.268 e. The third kappa shape index (κ3) is 4.90. The Labute approximate surface area is 183 Å². The predicted molar refractivity (Wildman–Crippen MR) is 124 cm³/mol. The van der Waals surface area contributed by atoms with Gasteiger partial charge in [-0.2, -0.15) is 0 Å². The molecular weight excluding hydrogens is 388 g/mol. The molecule has 1 heterocycles. The molecule has 3 aromatic rings. The van der Waals surface area contributed by atoms with Crippen LogP contribution in [0, 0.1) is 5.92 Å². The lowest BCUT2D eigenvalue weighted by atomic mass is 9.83. The highest BCUT2D eigenvalue weighted by molar-refractivity contribution is 5.99. The normalized spacial score (nSPS) is 18.5. The van der Waals surface area contributed by atoms with E-state index < -0.39 is 0 Å². The van der Waals surface area contributed by atoms with E-state index in [0.717, 1.165) is 42.3 Å². The quantitative estimate of drug-likeness (QED) is 0.512. The number of anilines is 1. The van der Waals surface area contributed by atoms with Crippen LogP contribution in [-0.2, 0) is 11.8 Å². The number of hydrogen-bond acceptors (Lipinski definition) is 3. The lowest BCUT2D eigenvalue weighted by molar-refractivity contribution is -0.126. The molecule has 2 aromatic carbocycles. The van der Waals surface area contributed by atoms with Crippen LogP contribution in [0.4, 0.5) is 5.69 Å². The van der Waals surface area contributed by atoms with Gasteiger partial charge in [0.25, 0.3) is 5.91 Å². The Hall–Kier alpha value is -3.28. The van der Waals surface area contributed by atoms with Crippen LogP contribution in [0.15, 0.2) is 60.7 Å². The lowest BCUT2D eigenvalue weighted by Crippen LogP contribution is -2.49. The van der Waals surface area contributed by atoms with E-state index in [0.29, 0.717) is 18.8 Å². The van der Waals surface area contributed by atoms with Crippen molar-refractivity contribution in [3.8, 4) is 0 Å². The molecule has 0 radical (unpaired) electrons. The number of amides is 2. The number of para-hydroxylation sites is 2. The fourth-order valence-corrected chi connectivity index (χ4v) is 4.45. The average molecular weight is 419 g/mol.